The predicted molar refractivity (Wildman–Crippen MR) is 107 cm³/mol. The summed E-state index contributed by atoms with van der Waals surface area (Å²) in [6.07, 6.45) is 4.97. The monoisotopic (exact) mass is 372 g/mol. The number of rotatable bonds is 7. The van der Waals surface area contributed by atoms with Gasteiger partial charge < -0.3 is 9.88 Å². The van der Waals surface area contributed by atoms with Gasteiger partial charge in [-0.1, -0.05) is 50.6 Å². The Morgan fingerprint density at radius 2 is 1.92 bits per heavy atom. The molecule has 0 spiro atoms. The molecule has 1 N–H and O–H groups in total. The largest absolute Gasteiger partial charge is 0.325 e. The Morgan fingerprint density at radius 3 is 2.54 bits per heavy atom. The van der Waals surface area contributed by atoms with Crippen LogP contribution >= 0.6 is 11.8 Å². The molecular formula is C20H28N4OS. The first kappa shape index (κ1) is 19.0. The maximum absolute atomic E-state index is 12.3. The normalized spacial score (nSPS) is 14.9. The van der Waals surface area contributed by atoms with Crippen LogP contribution in [0.5, 0.6) is 0 Å². The highest BCUT2D eigenvalue weighted by Crippen LogP contribution is 2.34. The Morgan fingerprint density at radius 1 is 1.23 bits per heavy atom. The lowest BCUT2D eigenvalue weighted by Crippen LogP contribution is -2.15. The van der Waals surface area contributed by atoms with E-state index in [0.29, 0.717) is 17.6 Å². The van der Waals surface area contributed by atoms with Crippen LogP contribution in [-0.4, -0.2) is 26.4 Å². The Bertz CT molecular complexity index is 733. The fraction of sp³-hybridized carbons (Fsp3) is 0.550. The summed E-state index contributed by atoms with van der Waals surface area (Å²) in [4.78, 5) is 12.3. The SMILES string of the molecule is CCn1c(SCC(=O)Nc2ccc(C(C)C)cc2)nnc1C1CCCC1. The van der Waals surface area contributed by atoms with Gasteiger partial charge in [0.15, 0.2) is 5.16 Å². The highest BCUT2D eigenvalue weighted by molar-refractivity contribution is 7.99. The minimum absolute atomic E-state index is 0.0135. The van der Waals surface area contributed by atoms with Crippen molar-refractivity contribution in [3.63, 3.8) is 0 Å². The van der Waals surface area contributed by atoms with Crippen molar-refractivity contribution in [1.82, 2.24) is 14.8 Å². The highest BCUT2D eigenvalue weighted by atomic mass is 32.2. The van der Waals surface area contributed by atoms with Crippen LogP contribution in [0.15, 0.2) is 29.4 Å². The Kier molecular flexibility index (Phi) is 6.35. The average molecular weight is 373 g/mol. The van der Waals surface area contributed by atoms with Gasteiger partial charge in [0.05, 0.1) is 5.75 Å². The van der Waals surface area contributed by atoms with E-state index >= 15 is 0 Å². The van der Waals surface area contributed by atoms with Gasteiger partial charge >= 0.3 is 0 Å². The first-order valence-corrected chi connectivity index (χ1v) is 10.5. The van der Waals surface area contributed by atoms with Crippen molar-refractivity contribution in [3.05, 3.63) is 35.7 Å². The van der Waals surface area contributed by atoms with E-state index in [0.717, 1.165) is 23.2 Å². The molecule has 1 aromatic heterocycles. The molecule has 0 saturated heterocycles. The number of anilines is 1. The van der Waals surface area contributed by atoms with Crippen LogP contribution in [0.2, 0.25) is 0 Å². The van der Waals surface area contributed by atoms with Crippen molar-refractivity contribution in [2.75, 3.05) is 11.1 Å². The molecule has 3 rings (SSSR count). The van der Waals surface area contributed by atoms with Gasteiger partial charge in [-0.15, -0.1) is 10.2 Å². The van der Waals surface area contributed by atoms with Crippen molar-refractivity contribution >= 4 is 23.4 Å². The summed E-state index contributed by atoms with van der Waals surface area (Å²) in [7, 11) is 0. The molecule has 2 aromatic rings. The van der Waals surface area contributed by atoms with Gasteiger partial charge in [-0.2, -0.15) is 0 Å². The number of carbonyl (C=O) groups is 1. The number of benzene rings is 1. The minimum atomic E-state index is -0.0135. The molecule has 6 heteroatoms. The maximum atomic E-state index is 12.3. The number of hydrogen-bond donors (Lipinski definition) is 1. The fourth-order valence-corrected chi connectivity index (χ4v) is 4.28. The second kappa shape index (κ2) is 8.71. The summed E-state index contributed by atoms with van der Waals surface area (Å²) >= 11 is 1.46. The predicted octanol–water partition coefficient (Wildman–Crippen LogP) is 4.81. The second-order valence-corrected chi connectivity index (χ2v) is 8.12. The Labute approximate surface area is 160 Å². The third-order valence-electron chi connectivity index (χ3n) is 4.98. The van der Waals surface area contributed by atoms with E-state index < -0.39 is 0 Å². The van der Waals surface area contributed by atoms with Crippen LogP contribution < -0.4 is 5.32 Å². The van der Waals surface area contributed by atoms with Crippen molar-refractivity contribution in [3.8, 4) is 0 Å². The maximum Gasteiger partial charge on any atom is 0.234 e. The number of carbonyl (C=O) groups excluding carboxylic acids is 1. The summed E-state index contributed by atoms with van der Waals surface area (Å²) in [5, 5.41) is 12.6. The standard InChI is InChI=1S/C20H28N4OS/c1-4-24-19(16-7-5-6-8-16)22-23-20(24)26-13-18(25)21-17-11-9-15(10-12-17)14(2)3/h9-12,14,16H,4-8,13H2,1-3H3,(H,21,25). The van der Waals surface area contributed by atoms with Gasteiger partial charge in [0.2, 0.25) is 5.91 Å². The van der Waals surface area contributed by atoms with Crippen molar-refractivity contribution in [2.24, 2.45) is 0 Å². The molecule has 1 saturated carbocycles. The van der Waals surface area contributed by atoms with Crippen LogP contribution in [0.3, 0.4) is 0 Å². The molecule has 1 aromatic carbocycles. The van der Waals surface area contributed by atoms with E-state index in [2.05, 4.69) is 53.0 Å². The molecule has 1 aliphatic rings. The van der Waals surface area contributed by atoms with Gasteiger partial charge in [-0.25, -0.2) is 0 Å². The van der Waals surface area contributed by atoms with Crippen molar-refractivity contribution < 1.29 is 4.79 Å². The third kappa shape index (κ3) is 4.47. The van der Waals surface area contributed by atoms with Gasteiger partial charge in [0, 0.05) is 18.2 Å². The summed E-state index contributed by atoms with van der Waals surface area (Å²) in [5.41, 5.74) is 2.11. The van der Waals surface area contributed by atoms with E-state index in [-0.39, 0.29) is 5.91 Å². The van der Waals surface area contributed by atoms with E-state index in [9.17, 15) is 4.79 Å². The number of amides is 1. The first-order valence-electron chi connectivity index (χ1n) is 9.54. The summed E-state index contributed by atoms with van der Waals surface area (Å²) < 4.78 is 2.17. The van der Waals surface area contributed by atoms with Crippen LogP contribution in [0.25, 0.3) is 0 Å². The number of nitrogens with one attached hydrogen (secondary N) is 1. The van der Waals surface area contributed by atoms with Crippen LogP contribution in [0, 0.1) is 0 Å². The van der Waals surface area contributed by atoms with Crippen molar-refractivity contribution in [2.45, 2.75) is 70.0 Å². The quantitative estimate of drug-likeness (QED) is 0.709. The topological polar surface area (TPSA) is 59.8 Å². The number of aromatic nitrogens is 3. The molecule has 1 aliphatic carbocycles. The Balaban J connectivity index is 1.57. The first-order chi connectivity index (χ1) is 12.6. The fourth-order valence-electron chi connectivity index (χ4n) is 3.47. The minimum Gasteiger partial charge on any atom is -0.325 e. The second-order valence-electron chi connectivity index (χ2n) is 7.18. The molecule has 0 bridgehead atoms. The molecule has 1 fully saturated rings. The number of nitrogens with zero attached hydrogens (tertiary/aromatic N) is 3. The van der Waals surface area contributed by atoms with Crippen molar-refractivity contribution in [1.29, 1.82) is 0 Å². The lowest BCUT2D eigenvalue weighted by atomic mass is 10.0. The van der Waals surface area contributed by atoms with Crippen LogP contribution in [-0.2, 0) is 11.3 Å². The van der Waals surface area contributed by atoms with E-state index in [1.54, 1.807) is 0 Å². The highest BCUT2D eigenvalue weighted by Gasteiger charge is 2.24. The number of hydrogen-bond acceptors (Lipinski definition) is 4. The van der Waals surface area contributed by atoms with E-state index in [1.807, 2.05) is 12.1 Å². The molecule has 0 aliphatic heterocycles. The molecular weight excluding hydrogens is 344 g/mol. The molecule has 1 heterocycles. The van der Waals surface area contributed by atoms with Gasteiger partial charge in [0.25, 0.3) is 0 Å². The molecule has 0 radical (unpaired) electrons. The zero-order valence-corrected chi connectivity index (χ0v) is 16.7. The van der Waals surface area contributed by atoms with Crippen LogP contribution in [0.4, 0.5) is 5.69 Å². The van der Waals surface area contributed by atoms with Gasteiger partial charge in [0.1, 0.15) is 5.82 Å². The van der Waals surface area contributed by atoms with Crippen LogP contribution in [0.1, 0.15) is 69.7 Å². The molecule has 26 heavy (non-hydrogen) atoms. The zero-order valence-electron chi connectivity index (χ0n) is 15.9. The molecule has 0 unspecified atom stereocenters. The molecule has 5 nitrogen and oxygen atoms in total. The van der Waals surface area contributed by atoms with Gasteiger partial charge in [-0.05, 0) is 43.4 Å². The molecule has 1 amide bonds. The van der Waals surface area contributed by atoms with E-state index in [1.165, 1.54) is 43.0 Å². The van der Waals surface area contributed by atoms with Gasteiger partial charge in [-0.3, -0.25) is 4.79 Å². The summed E-state index contributed by atoms with van der Waals surface area (Å²) in [5.74, 6) is 2.45. The number of thioether (sulfide) groups is 1. The zero-order chi connectivity index (χ0) is 18.5. The third-order valence-corrected chi connectivity index (χ3v) is 5.94. The Hall–Kier alpha value is -1.82. The summed E-state index contributed by atoms with van der Waals surface area (Å²) in [6.45, 7) is 7.28. The van der Waals surface area contributed by atoms with E-state index in [4.69, 9.17) is 0 Å². The molecule has 140 valence electrons. The average Bonchev–Trinajstić information content (AvgIpc) is 3.29. The smallest absolute Gasteiger partial charge is 0.234 e. The lowest BCUT2D eigenvalue weighted by Gasteiger charge is -2.11. The lowest BCUT2D eigenvalue weighted by molar-refractivity contribution is -0.113. The molecule has 0 atom stereocenters. The summed E-state index contributed by atoms with van der Waals surface area (Å²) in [6, 6.07) is 8.05.